The number of aromatic nitrogens is 2. The fourth-order valence-corrected chi connectivity index (χ4v) is 4.61. The number of hydrogen-bond donors (Lipinski definition) is 2. The highest BCUT2D eigenvalue weighted by Gasteiger charge is 2.29. The van der Waals surface area contributed by atoms with Crippen molar-refractivity contribution in [2.75, 3.05) is 11.9 Å². The van der Waals surface area contributed by atoms with Gasteiger partial charge in [-0.3, -0.25) is 14.8 Å². The Morgan fingerprint density at radius 3 is 2.53 bits per heavy atom. The van der Waals surface area contributed by atoms with E-state index in [0.29, 0.717) is 22.0 Å². The number of pyridine rings is 2. The molecule has 0 fully saturated rings. The molecule has 12 heteroatoms. The van der Waals surface area contributed by atoms with Crippen molar-refractivity contribution in [3.05, 3.63) is 60.7 Å². The molecule has 34 heavy (non-hydrogen) atoms. The van der Waals surface area contributed by atoms with Crippen molar-refractivity contribution in [1.82, 2.24) is 14.3 Å². The molecule has 3 N–H and O–H groups in total. The molecule has 10 nitrogen and oxygen atoms in total. The molecule has 0 spiro atoms. The number of ether oxygens (including phenoxy) is 1. The van der Waals surface area contributed by atoms with Gasteiger partial charge < -0.3 is 15.8 Å². The maximum atomic E-state index is 13.6. The van der Waals surface area contributed by atoms with E-state index < -0.39 is 28.1 Å². The predicted molar refractivity (Wildman–Crippen MR) is 131 cm³/mol. The van der Waals surface area contributed by atoms with Gasteiger partial charge in [0.25, 0.3) is 0 Å². The Morgan fingerprint density at radius 2 is 1.88 bits per heavy atom. The third kappa shape index (κ3) is 6.40. The zero-order chi connectivity index (χ0) is 24.9. The molecule has 0 unspecified atom stereocenters. The quantitative estimate of drug-likeness (QED) is 0.284. The van der Waals surface area contributed by atoms with E-state index in [4.69, 9.17) is 22.2 Å². The number of guanidine groups is 1. The van der Waals surface area contributed by atoms with Crippen LogP contribution in [-0.4, -0.2) is 46.8 Å². The first-order valence-electron chi connectivity index (χ1n) is 10.2. The third-order valence-electron chi connectivity index (χ3n) is 4.56. The molecule has 0 bridgehead atoms. The molecule has 180 valence electrons. The number of carbonyl (C=O) groups is 1. The average Bonchev–Trinajstić information content (AvgIpc) is 2.77. The van der Waals surface area contributed by atoms with Crippen LogP contribution in [0.2, 0.25) is 0 Å². The van der Waals surface area contributed by atoms with Gasteiger partial charge in [-0.15, -0.1) is 4.51 Å². The molecule has 0 amide bonds. The van der Waals surface area contributed by atoms with Crippen molar-refractivity contribution in [3.8, 4) is 0 Å². The lowest BCUT2D eigenvalue weighted by molar-refractivity contribution is -0.155. The minimum absolute atomic E-state index is 0.00412. The number of fused-ring (bicyclic) bond motifs is 1. The number of hydrogen-bond acceptors (Lipinski definition) is 7. The van der Waals surface area contributed by atoms with Crippen LogP contribution in [0.1, 0.15) is 26.3 Å². The van der Waals surface area contributed by atoms with Crippen LogP contribution < -0.4 is 11.1 Å². The molecule has 0 aliphatic rings. The van der Waals surface area contributed by atoms with Crippen LogP contribution in [0.25, 0.3) is 10.8 Å². The van der Waals surface area contributed by atoms with Crippen LogP contribution in [0.3, 0.4) is 0 Å². The van der Waals surface area contributed by atoms with Gasteiger partial charge >= 0.3 is 5.97 Å². The molecule has 0 aliphatic carbocycles. The molecule has 0 saturated carbocycles. The fraction of sp³-hybridized carbons (Fsp3) is 0.273. The highest BCUT2D eigenvalue weighted by molar-refractivity contribution is 7.89. The summed E-state index contributed by atoms with van der Waals surface area (Å²) in [6.45, 7) is 4.66. The zero-order valence-corrected chi connectivity index (χ0v) is 20.5. The Morgan fingerprint density at radius 1 is 1.18 bits per heavy atom. The summed E-state index contributed by atoms with van der Waals surface area (Å²) in [6.07, 6.45) is 6.15. The van der Waals surface area contributed by atoms with Crippen LogP contribution in [0, 0.1) is 0 Å². The summed E-state index contributed by atoms with van der Waals surface area (Å²) in [5, 5.41) is 4.00. The second-order valence-electron chi connectivity index (χ2n) is 8.38. The molecule has 0 radical (unpaired) electrons. The Bertz CT molecular complexity index is 1310. The number of nitrogens with two attached hydrogens (primary N) is 1. The Kier molecular flexibility index (Phi) is 7.70. The minimum atomic E-state index is -4.09. The predicted octanol–water partition coefficient (Wildman–Crippen LogP) is 3.04. The van der Waals surface area contributed by atoms with Gasteiger partial charge in [0.1, 0.15) is 12.1 Å². The highest BCUT2D eigenvalue weighted by Crippen LogP contribution is 2.27. The van der Waals surface area contributed by atoms with Crippen LogP contribution in [0.4, 0.5) is 5.69 Å². The van der Waals surface area contributed by atoms with Crippen LogP contribution in [-0.2, 0) is 26.1 Å². The number of benzene rings is 1. The summed E-state index contributed by atoms with van der Waals surface area (Å²) in [4.78, 5) is 20.6. The number of halogens is 1. The second kappa shape index (κ2) is 10.3. The fourth-order valence-electron chi connectivity index (χ4n) is 3.16. The van der Waals surface area contributed by atoms with Crippen molar-refractivity contribution in [3.63, 3.8) is 0 Å². The molecule has 0 aliphatic heterocycles. The SMILES string of the molecule is CC(C)(C)OC(=O)CN(Cc1ccncc1)S(=O)(=O)c1ccc2c(NC(N)=NCl)cncc2c1. The van der Waals surface area contributed by atoms with Crippen molar-refractivity contribution in [2.24, 2.45) is 10.2 Å². The smallest absolute Gasteiger partial charge is 0.321 e. The van der Waals surface area contributed by atoms with Crippen molar-refractivity contribution in [2.45, 2.75) is 37.8 Å². The van der Waals surface area contributed by atoms with Crippen LogP contribution >= 0.6 is 11.8 Å². The summed E-state index contributed by atoms with van der Waals surface area (Å²) in [6, 6.07) is 7.91. The third-order valence-corrected chi connectivity index (χ3v) is 6.53. The summed E-state index contributed by atoms with van der Waals surface area (Å²) in [5.74, 6) is -0.691. The monoisotopic (exact) mass is 504 g/mol. The molecular formula is C22H25ClN6O4S. The number of anilines is 1. The summed E-state index contributed by atoms with van der Waals surface area (Å²) in [7, 11) is -4.09. The molecule has 3 aromatic rings. The van der Waals surface area contributed by atoms with Crippen molar-refractivity contribution in [1.29, 1.82) is 0 Å². The summed E-state index contributed by atoms with van der Waals surface area (Å²) < 4.78 is 37.0. The molecule has 0 atom stereocenters. The zero-order valence-electron chi connectivity index (χ0n) is 18.9. The van der Waals surface area contributed by atoms with Gasteiger partial charge in [0, 0.05) is 47.7 Å². The van der Waals surface area contributed by atoms with Crippen LogP contribution in [0.15, 0.2) is 64.5 Å². The number of esters is 1. The van der Waals surface area contributed by atoms with Gasteiger partial charge in [-0.1, -0.05) is 6.07 Å². The molecule has 3 rings (SSSR count). The number of sulfonamides is 1. The van der Waals surface area contributed by atoms with Crippen LogP contribution in [0.5, 0.6) is 0 Å². The van der Waals surface area contributed by atoms with Gasteiger partial charge in [0.15, 0.2) is 0 Å². The van der Waals surface area contributed by atoms with E-state index in [0.717, 1.165) is 4.31 Å². The first kappa shape index (κ1) is 25.3. The van der Waals surface area contributed by atoms with Gasteiger partial charge in [0.05, 0.1) is 16.8 Å². The average molecular weight is 505 g/mol. The van der Waals surface area contributed by atoms with E-state index in [1.54, 1.807) is 51.4 Å². The van der Waals surface area contributed by atoms with Crippen molar-refractivity contribution >= 4 is 50.2 Å². The minimum Gasteiger partial charge on any atom is -0.459 e. The number of nitrogens with zero attached hydrogens (tertiary/aromatic N) is 4. The lowest BCUT2D eigenvalue weighted by Crippen LogP contribution is -2.38. The van der Waals surface area contributed by atoms with E-state index in [9.17, 15) is 13.2 Å². The van der Waals surface area contributed by atoms with Crippen molar-refractivity contribution < 1.29 is 17.9 Å². The Hall–Kier alpha value is -3.28. The normalized spacial score (nSPS) is 12.7. The largest absolute Gasteiger partial charge is 0.459 e. The molecule has 0 saturated heterocycles. The summed E-state index contributed by atoms with van der Waals surface area (Å²) >= 11 is 5.37. The van der Waals surface area contributed by atoms with Gasteiger partial charge in [-0.2, -0.15) is 4.31 Å². The van der Waals surface area contributed by atoms with E-state index >= 15 is 0 Å². The Labute approximate surface area is 203 Å². The molecule has 1 aromatic carbocycles. The first-order valence-corrected chi connectivity index (χ1v) is 12.0. The molecule has 2 heterocycles. The molecular weight excluding hydrogens is 480 g/mol. The summed E-state index contributed by atoms with van der Waals surface area (Å²) in [5.41, 5.74) is 6.05. The maximum Gasteiger partial charge on any atom is 0.321 e. The van der Waals surface area contributed by atoms with Gasteiger partial charge in [0.2, 0.25) is 16.0 Å². The lowest BCUT2D eigenvalue weighted by atomic mass is 10.1. The van der Waals surface area contributed by atoms with E-state index in [2.05, 4.69) is 19.8 Å². The highest BCUT2D eigenvalue weighted by atomic mass is 35.5. The standard InChI is InChI=1S/C22H25ClN6O4S/c1-22(2,3)33-20(30)14-29(13-15-6-8-25-9-7-15)34(31,32)17-4-5-18-16(10-17)11-26-12-19(18)27-21(24)28-23/h4-12H,13-14H2,1-3H3,(H3,24,27,28). The number of rotatable bonds is 7. The topological polar surface area (TPSA) is 140 Å². The molecule has 2 aromatic heterocycles. The van der Waals surface area contributed by atoms with Gasteiger partial charge in [-0.05, 0) is 50.6 Å². The number of carbonyl (C=O) groups excluding carboxylic acids is 1. The van der Waals surface area contributed by atoms with E-state index in [1.165, 1.54) is 24.5 Å². The first-order chi connectivity index (χ1) is 16.0. The van der Waals surface area contributed by atoms with E-state index in [-0.39, 0.29) is 17.4 Å². The van der Waals surface area contributed by atoms with E-state index in [1.807, 2.05) is 0 Å². The second-order valence-corrected chi connectivity index (χ2v) is 10.5. The Balaban J connectivity index is 1.99. The maximum absolute atomic E-state index is 13.6. The van der Waals surface area contributed by atoms with Gasteiger partial charge in [-0.25, -0.2) is 8.42 Å². The lowest BCUT2D eigenvalue weighted by Gasteiger charge is -2.25. The number of nitrogens with one attached hydrogen (secondary N) is 1.